The monoisotopic (exact) mass is 347 g/mol. The van der Waals surface area contributed by atoms with Crippen molar-refractivity contribution in [2.45, 2.75) is 0 Å². The van der Waals surface area contributed by atoms with E-state index in [2.05, 4.69) is 10.0 Å². The Bertz CT molecular complexity index is 558. The number of hydrogen-bond donors (Lipinski definition) is 1. The molecule has 2 heterocycles. The van der Waals surface area contributed by atoms with Crippen LogP contribution in [0.2, 0.25) is 0 Å². The van der Waals surface area contributed by atoms with Crippen molar-refractivity contribution in [2.75, 3.05) is 39.4 Å². The van der Waals surface area contributed by atoms with E-state index in [1.165, 1.54) is 18.3 Å². The smallest absolute Gasteiger partial charge is 0.400 e. The highest BCUT2D eigenvalue weighted by atomic mass is 35.5. The molecule has 1 aromatic rings. The molecule has 0 spiro atoms. The lowest BCUT2D eigenvalue weighted by atomic mass is 10.4. The number of halogens is 1. The summed E-state index contributed by atoms with van der Waals surface area (Å²) in [6.07, 6.45) is 1.22. The van der Waals surface area contributed by atoms with Crippen molar-refractivity contribution in [3.8, 4) is 0 Å². The highest BCUT2D eigenvalue weighted by Gasteiger charge is 2.15. The van der Waals surface area contributed by atoms with Gasteiger partial charge in [-0.15, -0.1) is 12.4 Å². The number of ether oxygens (including phenoxy) is 1. The Labute approximate surface area is 138 Å². The molecule has 128 valence electrons. The Kier molecular flexibility index (Phi) is 7.45. The fraction of sp³-hybridized carbons (Fsp3) is 0.500. The van der Waals surface area contributed by atoms with Gasteiger partial charge in [-0.2, -0.15) is 5.10 Å². The van der Waals surface area contributed by atoms with Gasteiger partial charge in [-0.25, -0.2) is 9.80 Å². The molecule has 0 atom stereocenters. The number of morpholine rings is 1. The zero-order valence-electron chi connectivity index (χ0n) is 12.3. The summed E-state index contributed by atoms with van der Waals surface area (Å²) in [5.74, 6) is -0.218. The Morgan fingerprint density at radius 3 is 2.74 bits per heavy atom. The Morgan fingerprint density at radius 1 is 1.48 bits per heavy atom. The molecule has 11 heteroatoms. The van der Waals surface area contributed by atoms with Crippen LogP contribution in [0, 0.1) is 10.1 Å². The van der Waals surface area contributed by atoms with E-state index in [-0.39, 0.29) is 24.1 Å². The second-order valence-electron chi connectivity index (χ2n) is 4.59. The zero-order chi connectivity index (χ0) is 15.9. The largest absolute Gasteiger partial charge is 0.433 e. The molecule has 2 amide bonds. The van der Waals surface area contributed by atoms with Gasteiger partial charge in [0.1, 0.15) is 4.92 Å². The number of hydrogen-bond acceptors (Lipinski definition) is 7. The van der Waals surface area contributed by atoms with Crippen molar-refractivity contribution >= 4 is 30.5 Å². The normalized spacial score (nSPS) is 15.3. The average molecular weight is 348 g/mol. The SMILES string of the molecule is Cl.NC(=O)N(CCN1CCOCC1)/N=C/c1ccc([N+](=O)[O-])o1. The predicted octanol–water partition coefficient (Wildman–Crippen LogP) is 0.656. The molecule has 0 unspecified atom stereocenters. The molecule has 0 bridgehead atoms. The van der Waals surface area contributed by atoms with Crippen LogP contribution in [-0.4, -0.2) is 66.5 Å². The highest BCUT2D eigenvalue weighted by molar-refractivity contribution is 5.85. The van der Waals surface area contributed by atoms with E-state index >= 15 is 0 Å². The van der Waals surface area contributed by atoms with Gasteiger partial charge in [-0.3, -0.25) is 15.0 Å². The van der Waals surface area contributed by atoms with Crippen LogP contribution in [0.3, 0.4) is 0 Å². The Morgan fingerprint density at radius 2 is 2.17 bits per heavy atom. The number of nitro groups is 1. The lowest BCUT2D eigenvalue weighted by molar-refractivity contribution is -0.402. The van der Waals surface area contributed by atoms with E-state index in [1.807, 2.05) is 0 Å². The lowest BCUT2D eigenvalue weighted by Gasteiger charge is -2.27. The third kappa shape index (κ3) is 5.85. The van der Waals surface area contributed by atoms with Crippen molar-refractivity contribution in [1.29, 1.82) is 0 Å². The van der Waals surface area contributed by atoms with Crippen molar-refractivity contribution in [3.63, 3.8) is 0 Å². The van der Waals surface area contributed by atoms with Crippen LogP contribution in [0.25, 0.3) is 0 Å². The van der Waals surface area contributed by atoms with Crippen LogP contribution in [-0.2, 0) is 4.74 Å². The van der Waals surface area contributed by atoms with Gasteiger partial charge in [0.05, 0.1) is 32.0 Å². The molecule has 1 aliphatic heterocycles. The second kappa shape index (κ2) is 9.08. The maximum atomic E-state index is 11.4. The van der Waals surface area contributed by atoms with Crippen LogP contribution in [0.4, 0.5) is 10.7 Å². The fourth-order valence-electron chi connectivity index (χ4n) is 1.92. The molecule has 1 aliphatic rings. The number of nitrogens with zero attached hydrogens (tertiary/aromatic N) is 4. The van der Waals surface area contributed by atoms with Crippen molar-refractivity contribution in [3.05, 3.63) is 28.0 Å². The van der Waals surface area contributed by atoms with Crippen LogP contribution >= 0.6 is 12.4 Å². The standard InChI is InChI=1S/C12H17N5O5.ClH/c13-12(18)16(4-3-15-5-7-21-8-6-15)14-9-10-1-2-11(22-10)17(19)20;/h1-2,9H,3-8H2,(H2,13,18);1H/b14-9+;. The lowest BCUT2D eigenvalue weighted by Crippen LogP contribution is -2.42. The Hall–Kier alpha value is -2.17. The molecular weight excluding hydrogens is 330 g/mol. The van der Waals surface area contributed by atoms with Gasteiger partial charge < -0.3 is 14.9 Å². The fourth-order valence-corrected chi connectivity index (χ4v) is 1.92. The molecule has 1 saturated heterocycles. The molecule has 1 aromatic heterocycles. The zero-order valence-corrected chi connectivity index (χ0v) is 13.1. The number of hydrazone groups is 1. The minimum absolute atomic E-state index is 0. The molecule has 2 rings (SSSR count). The van der Waals surface area contributed by atoms with Crippen molar-refractivity contribution < 1.29 is 18.9 Å². The number of furan rings is 1. The van der Waals surface area contributed by atoms with E-state index in [0.29, 0.717) is 26.3 Å². The van der Waals surface area contributed by atoms with Crippen molar-refractivity contribution in [1.82, 2.24) is 9.91 Å². The number of carbonyl (C=O) groups is 1. The molecule has 10 nitrogen and oxygen atoms in total. The van der Waals surface area contributed by atoms with Gasteiger partial charge in [-0.1, -0.05) is 0 Å². The van der Waals surface area contributed by atoms with Gasteiger partial charge in [-0.05, 0) is 6.07 Å². The number of carbonyl (C=O) groups excluding carboxylic acids is 1. The topological polar surface area (TPSA) is 127 Å². The van der Waals surface area contributed by atoms with Gasteiger partial charge in [0.2, 0.25) is 0 Å². The minimum atomic E-state index is -0.703. The van der Waals surface area contributed by atoms with Crippen molar-refractivity contribution in [2.24, 2.45) is 10.8 Å². The predicted molar refractivity (Wildman–Crippen MR) is 83.8 cm³/mol. The first-order chi connectivity index (χ1) is 10.6. The quantitative estimate of drug-likeness (QED) is 0.457. The number of rotatable bonds is 6. The van der Waals surface area contributed by atoms with E-state index in [9.17, 15) is 14.9 Å². The summed E-state index contributed by atoms with van der Waals surface area (Å²) in [5.41, 5.74) is 5.26. The highest BCUT2D eigenvalue weighted by Crippen LogP contribution is 2.14. The first kappa shape index (κ1) is 18.9. The van der Waals surface area contributed by atoms with E-state index < -0.39 is 11.0 Å². The second-order valence-corrected chi connectivity index (χ2v) is 4.59. The molecule has 0 aliphatic carbocycles. The van der Waals surface area contributed by atoms with Crippen LogP contribution in [0.1, 0.15) is 5.76 Å². The van der Waals surface area contributed by atoms with E-state index in [1.54, 1.807) is 0 Å². The molecule has 0 aromatic carbocycles. The van der Waals surface area contributed by atoms with Crippen LogP contribution in [0.15, 0.2) is 21.7 Å². The summed E-state index contributed by atoms with van der Waals surface area (Å²) >= 11 is 0. The summed E-state index contributed by atoms with van der Waals surface area (Å²) < 4.78 is 10.2. The van der Waals surface area contributed by atoms with Gasteiger partial charge in [0, 0.05) is 19.6 Å². The van der Waals surface area contributed by atoms with E-state index in [4.69, 9.17) is 14.9 Å². The average Bonchev–Trinajstić information content (AvgIpc) is 2.97. The first-order valence-corrected chi connectivity index (χ1v) is 6.71. The third-order valence-electron chi connectivity index (χ3n) is 3.10. The number of urea groups is 1. The summed E-state index contributed by atoms with van der Waals surface area (Å²) in [4.78, 5) is 23.3. The number of primary amides is 1. The first-order valence-electron chi connectivity index (χ1n) is 6.71. The molecule has 0 radical (unpaired) electrons. The molecular formula is C12H18ClN5O5. The molecule has 1 fully saturated rings. The number of nitrogens with two attached hydrogens (primary N) is 1. The third-order valence-corrected chi connectivity index (χ3v) is 3.10. The maximum absolute atomic E-state index is 11.4. The van der Waals surface area contributed by atoms with E-state index in [0.717, 1.165) is 18.1 Å². The van der Waals surface area contributed by atoms with Gasteiger partial charge in [0.15, 0.2) is 5.76 Å². The molecule has 2 N–H and O–H groups in total. The van der Waals surface area contributed by atoms with Crippen LogP contribution < -0.4 is 5.73 Å². The summed E-state index contributed by atoms with van der Waals surface area (Å²) in [7, 11) is 0. The Balaban J connectivity index is 0.00000264. The molecule has 0 saturated carbocycles. The summed E-state index contributed by atoms with van der Waals surface area (Å²) in [6, 6.07) is 1.90. The molecule has 23 heavy (non-hydrogen) atoms. The number of amides is 2. The summed E-state index contributed by atoms with van der Waals surface area (Å²) in [6.45, 7) is 3.84. The van der Waals surface area contributed by atoms with Gasteiger partial charge >= 0.3 is 11.9 Å². The summed E-state index contributed by atoms with van der Waals surface area (Å²) in [5, 5.41) is 15.5. The maximum Gasteiger partial charge on any atom is 0.433 e. The van der Waals surface area contributed by atoms with Gasteiger partial charge in [0.25, 0.3) is 0 Å². The van der Waals surface area contributed by atoms with Crippen LogP contribution in [0.5, 0.6) is 0 Å². The minimum Gasteiger partial charge on any atom is -0.400 e.